The first-order valence-electron chi connectivity index (χ1n) is 7.44. The number of carbonyl (C=O) groups excluding carboxylic acids is 1. The van der Waals surface area contributed by atoms with Crippen molar-refractivity contribution in [3.05, 3.63) is 35.7 Å². The van der Waals surface area contributed by atoms with Crippen molar-refractivity contribution in [2.24, 2.45) is 0 Å². The fraction of sp³-hybridized carbons (Fsp3) is 0.533. The molecule has 2 aromatic heterocycles. The quantitative estimate of drug-likeness (QED) is 0.935. The van der Waals surface area contributed by atoms with E-state index in [9.17, 15) is 4.79 Å². The zero-order valence-electron chi connectivity index (χ0n) is 12.5. The van der Waals surface area contributed by atoms with Gasteiger partial charge in [0, 0.05) is 37.6 Å². The summed E-state index contributed by atoms with van der Waals surface area (Å²) >= 11 is 0. The number of carbonyl (C=O) groups is 1. The number of hydrogen-bond acceptors (Lipinski definition) is 3. The zero-order chi connectivity index (χ0) is 14.8. The molecule has 21 heavy (non-hydrogen) atoms. The lowest BCUT2D eigenvalue weighted by molar-refractivity contribution is -0.132. The van der Waals surface area contributed by atoms with Crippen molar-refractivity contribution in [3.63, 3.8) is 0 Å². The summed E-state index contributed by atoms with van der Waals surface area (Å²) in [5, 5.41) is 4.32. The lowest BCUT2D eigenvalue weighted by atomic mass is 10.2. The van der Waals surface area contributed by atoms with Crippen molar-refractivity contribution in [3.8, 4) is 0 Å². The molecule has 0 radical (unpaired) electrons. The molecular weight excluding hydrogens is 266 g/mol. The van der Waals surface area contributed by atoms with Crippen LogP contribution in [0.4, 0.5) is 0 Å². The van der Waals surface area contributed by atoms with Gasteiger partial charge >= 0.3 is 0 Å². The van der Waals surface area contributed by atoms with Gasteiger partial charge in [-0.25, -0.2) is 4.98 Å². The number of imidazole rings is 1. The van der Waals surface area contributed by atoms with Crippen LogP contribution in [0.3, 0.4) is 0 Å². The Morgan fingerprint density at radius 3 is 3.00 bits per heavy atom. The smallest absolute Gasteiger partial charge is 0.225 e. The summed E-state index contributed by atoms with van der Waals surface area (Å²) in [6.45, 7) is 5.39. The molecule has 112 valence electrons. The maximum absolute atomic E-state index is 12.5. The van der Waals surface area contributed by atoms with Crippen molar-refractivity contribution in [2.75, 3.05) is 6.54 Å². The number of amides is 1. The Morgan fingerprint density at radius 2 is 2.33 bits per heavy atom. The minimum Gasteiger partial charge on any atom is -0.344 e. The summed E-state index contributed by atoms with van der Waals surface area (Å²) in [7, 11) is 0. The van der Waals surface area contributed by atoms with Crippen molar-refractivity contribution in [2.45, 2.75) is 45.7 Å². The molecule has 3 rings (SSSR count). The monoisotopic (exact) mass is 287 g/mol. The third-order valence-electron chi connectivity index (χ3n) is 3.94. The van der Waals surface area contributed by atoms with Crippen LogP contribution in [0.5, 0.6) is 0 Å². The van der Waals surface area contributed by atoms with Crippen molar-refractivity contribution >= 4 is 5.91 Å². The fourth-order valence-corrected chi connectivity index (χ4v) is 2.89. The lowest BCUT2D eigenvalue weighted by Crippen LogP contribution is -2.31. The molecule has 1 fully saturated rings. The van der Waals surface area contributed by atoms with Crippen molar-refractivity contribution in [1.82, 2.24) is 24.6 Å². The van der Waals surface area contributed by atoms with Gasteiger partial charge in [0.25, 0.3) is 0 Å². The highest BCUT2D eigenvalue weighted by molar-refractivity contribution is 5.76. The number of H-pyrrole nitrogens is 1. The van der Waals surface area contributed by atoms with Gasteiger partial charge < -0.3 is 9.88 Å². The molecule has 1 atom stereocenters. The average molecular weight is 287 g/mol. The van der Waals surface area contributed by atoms with Crippen LogP contribution in [0.15, 0.2) is 18.5 Å². The maximum Gasteiger partial charge on any atom is 0.225 e. The van der Waals surface area contributed by atoms with Gasteiger partial charge in [0.1, 0.15) is 5.82 Å². The third-order valence-corrected chi connectivity index (χ3v) is 3.94. The molecule has 6 heteroatoms. The highest BCUT2D eigenvalue weighted by atomic mass is 16.2. The molecule has 0 bridgehead atoms. The lowest BCUT2D eigenvalue weighted by Gasteiger charge is -2.23. The van der Waals surface area contributed by atoms with E-state index in [1.54, 1.807) is 0 Å². The zero-order valence-corrected chi connectivity index (χ0v) is 12.5. The first kappa shape index (κ1) is 13.9. The van der Waals surface area contributed by atoms with Crippen LogP contribution in [0.2, 0.25) is 0 Å². The molecule has 1 aliphatic rings. The predicted molar refractivity (Wildman–Crippen MR) is 78.6 cm³/mol. The van der Waals surface area contributed by atoms with Gasteiger partial charge in [-0.1, -0.05) is 0 Å². The standard InChI is InChI=1S/C15H21N5O/c1-11-5-8-19(18-11)9-6-14(21)20-7-3-4-13(20)15-16-10-12(2)17-15/h5,8,10,13H,3-4,6-7,9H2,1-2H3,(H,16,17). The van der Waals surface area contributed by atoms with Gasteiger partial charge in [-0.15, -0.1) is 0 Å². The Labute approximate surface area is 124 Å². The molecule has 1 aliphatic heterocycles. The molecule has 6 nitrogen and oxygen atoms in total. The molecular formula is C15H21N5O. The van der Waals surface area contributed by atoms with E-state index in [1.807, 2.05) is 41.9 Å². The molecule has 0 saturated carbocycles. The summed E-state index contributed by atoms with van der Waals surface area (Å²) in [4.78, 5) is 22.1. The molecule has 1 saturated heterocycles. The minimum atomic E-state index is 0.102. The fourth-order valence-electron chi connectivity index (χ4n) is 2.89. The minimum absolute atomic E-state index is 0.102. The van der Waals surface area contributed by atoms with Crippen molar-refractivity contribution in [1.29, 1.82) is 0 Å². The van der Waals surface area contributed by atoms with E-state index in [4.69, 9.17) is 0 Å². The van der Waals surface area contributed by atoms with Crippen LogP contribution in [0.25, 0.3) is 0 Å². The van der Waals surface area contributed by atoms with Crippen LogP contribution in [-0.4, -0.2) is 37.1 Å². The van der Waals surface area contributed by atoms with Crippen LogP contribution < -0.4 is 0 Å². The summed E-state index contributed by atoms with van der Waals surface area (Å²) in [6, 6.07) is 2.06. The van der Waals surface area contributed by atoms with Gasteiger partial charge in [0.05, 0.1) is 11.7 Å². The molecule has 0 aromatic carbocycles. The molecule has 2 aromatic rings. The normalized spacial score (nSPS) is 18.4. The second-order valence-corrected chi connectivity index (χ2v) is 5.67. The van der Waals surface area contributed by atoms with E-state index in [1.165, 1.54) is 0 Å². The number of aromatic nitrogens is 4. The maximum atomic E-state index is 12.5. The van der Waals surface area contributed by atoms with E-state index in [0.717, 1.165) is 36.6 Å². The van der Waals surface area contributed by atoms with Crippen LogP contribution >= 0.6 is 0 Å². The van der Waals surface area contributed by atoms with Gasteiger partial charge in [-0.3, -0.25) is 9.48 Å². The highest BCUT2D eigenvalue weighted by Crippen LogP contribution is 2.30. The molecule has 1 N–H and O–H groups in total. The summed E-state index contributed by atoms with van der Waals surface area (Å²) in [5.74, 6) is 1.09. The van der Waals surface area contributed by atoms with E-state index in [2.05, 4.69) is 15.1 Å². The highest BCUT2D eigenvalue weighted by Gasteiger charge is 2.31. The second-order valence-electron chi connectivity index (χ2n) is 5.67. The Bertz CT molecular complexity index is 630. The van der Waals surface area contributed by atoms with E-state index >= 15 is 0 Å². The molecule has 0 aliphatic carbocycles. The van der Waals surface area contributed by atoms with E-state index < -0.39 is 0 Å². The van der Waals surface area contributed by atoms with Gasteiger partial charge in [-0.2, -0.15) is 5.10 Å². The van der Waals surface area contributed by atoms with Crippen LogP contribution in [0, 0.1) is 13.8 Å². The number of nitrogens with one attached hydrogen (secondary N) is 1. The number of rotatable bonds is 4. The van der Waals surface area contributed by atoms with Gasteiger partial charge in [-0.05, 0) is 32.8 Å². The van der Waals surface area contributed by atoms with E-state index in [0.29, 0.717) is 13.0 Å². The Hall–Kier alpha value is -2.11. The van der Waals surface area contributed by atoms with Crippen LogP contribution in [-0.2, 0) is 11.3 Å². The predicted octanol–water partition coefficient (Wildman–Crippen LogP) is 1.98. The number of nitrogens with zero attached hydrogens (tertiary/aromatic N) is 4. The SMILES string of the molecule is Cc1ccn(CCC(=O)N2CCCC2c2ncc(C)[nH]2)n1. The number of likely N-dealkylation sites (tertiary alicyclic amines) is 1. The largest absolute Gasteiger partial charge is 0.344 e. The Morgan fingerprint density at radius 1 is 1.48 bits per heavy atom. The van der Waals surface area contributed by atoms with Gasteiger partial charge in [0.15, 0.2) is 0 Å². The second kappa shape index (κ2) is 5.71. The summed E-state index contributed by atoms with van der Waals surface area (Å²) < 4.78 is 1.83. The number of hydrogen-bond donors (Lipinski definition) is 1. The van der Waals surface area contributed by atoms with Crippen LogP contribution in [0.1, 0.15) is 42.5 Å². The first-order chi connectivity index (χ1) is 10.1. The molecule has 1 amide bonds. The molecule has 0 spiro atoms. The summed E-state index contributed by atoms with van der Waals surface area (Å²) in [6.07, 6.45) is 6.25. The average Bonchev–Trinajstić information content (AvgIpc) is 3.16. The number of aromatic amines is 1. The first-order valence-corrected chi connectivity index (χ1v) is 7.44. The van der Waals surface area contributed by atoms with Crippen molar-refractivity contribution < 1.29 is 4.79 Å². The van der Waals surface area contributed by atoms with Gasteiger partial charge in [0.2, 0.25) is 5.91 Å². The Kier molecular flexibility index (Phi) is 3.77. The number of aryl methyl sites for hydroxylation is 3. The molecule has 3 heterocycles. The molecule has 1 unspecified atom stereocenters. The summed E-state index contributed by atoms with van der Waals surface area (Å²) in [5.41, 5.74) is 2.02. The van der Waals surface area contributed by atoms with E-state index in [-0.39, 0.29) is 11.9 Å². The topological polar surface area (TPSA) is 66.8 Å². The Balaban J connectivity index is 1.63. The third kappa shape index (κ3) is 2.99.